The Balaban J connectivity index is 1.53. The molecule has 3 N–H and O–H groups in total. The Kier molecular flexibility index (Phi) is 4.63. The van der Waals surface area contributed by atoms with Gasteiger partial charge in [0.25, 0.3) is 10.0 Å². The van der Waals surface area contributed by atoms with Gasteiger partial charge >= 0.3 is 0 Å². The van der Waals surface area contributed by atoms with Crippen molar-refractivity contribution in [3.63, 3.8) is 0 Å². The average molecular weight is 465 g/mol. The van der Waals surface area contributed by atoms with Crippen molar-refractivity contribution < 1.29 is 22.3 Å². The van der Waals surface area contributed by atoms with Crippen molar-refractivity contribution >= 4 is 33.1 Å². The molecule has 3 aliphatic carbocycles. The first kappa shape index (κ1) is 20.7. The van der Waals surface area contributed by atoms with E-state index in [4.69, 9.17) is 22.1 Å². The van der Waals surface area contributed by atoms with Crippen molar-refractivity contribution in [2.45, 2.75) is 54.4 Å². The Labute approximate surface area is 185 Å². The molecule has 0 radical (unpaired) electrons. The molecule has 5 rings (SSSR count). The zero-order chi connectivity index (χ0) is 22.0. The minimum Gasteiger partial charge on any atom is -0.491 e. The lowest BCUT2D eigenvalue weighted by Gasteiger charge is -2.37. The molecule has 0 atom stereocenters. The number of carbonyl (C=O) groups is 1. The monoisotopic (exact) mass is 464 g/mol. The summed E-state index contributed by atoms with van der Waals surface area (Å²) < 4.78 is 48.4. The van der Waals surface area contributed by atoms with E-state index in [0.717, 1.165) is 55.4 Å². The first-order valence-electron chi connectivity index (χ1n) is 10.2. The molecule has 6 nitrogen and oxygen atoms in total. The van der Waals surface area contributed by atoms with Crippen LogP contribution in [0.3, 0.4) is 0 Å². The van der Waals surface area contributed by atoms with Crippen LogP contribution >= 0.6 is 11.6 Å². The first-order valence-corrected chi connectivity index (χ1v) is 12.1. The van der Waals surface area contributed by atoms with E-state index in [-0.39, 0.29) is 28.5 Å². The molecule has 1 spiro atoms. The highest BCUT2D eigenvalue weighted by molar-refractivity contribution is 7.92. The molecule has 3 aliphatic rings. The third-order valence-corrected chi connectivity index (χ3v) is 8.30. The molecule has 0 aromatic heterocycles. The number of ketones is 1. The number of ether oxygens (including phenoxy) is 1. The van der Waals surface area contributed by atoms with E-state index in [0.29, 0.717) is 12.4 Å². The second-order valence-corrected chi connectivity index (χ2v) is 11.0. The minimum absolute atomic E-state index is 0.103. The molecular formula is C22H22ClFN2O4S. The SMILES string of the molecule is NC1(COc2cc(NS(=O)(=O)c3ccc(Cl)cc3F)cc3c2CC(=O)C32CCC2)CC1. The number of anilines is 1. The number of nitrogens with two attached hydrogens (primary N) is 1. The summed E-state index contributed by atoms with van der Waals surface area (Å²) in [6.07, 6.45) is 4.41. The number of hydrogen-bond donors (Lipinski definition) is 2. The predicted octanol–water partition coefficient (Wildman–Crippen LogP) is 3.70. The summed E-state index contributed by atoms with van der Waals surface area (Å²) in [6, 6.07) is 6.63. The molecule has 2 fully saturated rings. The summed E-state index contributed by atoms with van der Waals surface area (Å²) >= 11 is 5.74. The average Bonchev–Trinajstić information content (AvgIpc) is 3.29. The van der Waals surface area contributed by atoms with E-state index in [1.165, 1.54) is 6.07 Å². The van der Waals surface area contributed by atoms with E-state index < -0.39 is 26.2 Å². The Bertz CT molecular complexity index is 1210. The number of Topliss-reactive ketones (excluding diaryl/α,β-unsaturated/α-hetero) is 1. The maximum atomic E-state index is 14.3. The predicted molar refractivity (Wildman–Crippen MR) is 115 cm³/mol. The van der Waals surface area contributed by atoms with Crippen LogP contribution in [0.2, 0.25) is 5.02 Å². The lowest BCUT2D eigenvalue weighted by atomic mass is 9.64. The normalized spacial score (nSPS) is 20.3. The fourth-order valence-electron chi connectivity index (χ4n) is 4.43. The summed E-state index contributed by atoms with van der Waals surface area (Å²) in [4.78, 5) is 12.3. The summed E-state index contributed by atoms with van der Waals surface area (Å²) in [6.45, 7) is 0.294. The maximum Gasteiger partial charge on any atom is 0.264 e. The highest BCUT2D eigenvalue weighted by Crippen LogP contribution is 2.53. The molecule has 2 saturated carbocycles. The molecule has 31 heavy (non-hydrogen) atoms. The summed E-state index contributed by atoms with van der Waals surface area (Å²) in [5.74, 6) is -0.348. The van der Waals surface area contributed by atoms with Crippen molar-refractivity contribution in [3.8, 4) is 5.75 Å². The van der Waals surface area contributed by atoms with Crippen LogP contribution < -0.4 is 15.2 Å². The van der Waals surface area contributed by atoms with Gasteiger partial charge in [0.05, 0.1) is 16.6 Å². The Morgan fingerprint density at radius 3 is 2.52 bits per heavy atom. The quantitative estimate of drug-likeness (QED) is 0.679. The molecule has 0 heterocycles. The molecule has 0 saturated heterocycles. The van der Waals surface area contributed by atoms with Crippen molar-refractivity contribution in [2.24, 2.45) is 5.73 Å². The molecule has 2 aromatic carbocycles. The zero-order valence-corrected chi connectivity index (χ0v) is 18.3. The number of fused-ring (bicyclic) bond motifs is 2. The van der Waals surface area contributed by atoms with Gasteiger partial charge in [0.2, 0.25) is 0 Å². The third kappa shape index (κ3) is 3.50. The van der Waals surface area contributed by atoms with Crippen molar-refractivity contribution in [3.05, 3.63) is 52.3 Å². The van der Waals surface area contributed by atoms with Crippen LogP contribution in [0.4, 0.5) is 10.1 Å². The molecule has 0 bridgehead atoms. The minimum atomic E-state index is -4.21. The van der Waals surface area contributed by atoms with E-state index in [2.05, 4.69) is 4.72 Å². The number of hydrogen-bond acceptors (Lipinski definition) is 5. The second-order valence-electron chi connectivity index (χ2n) is 8.87. The number of halogens is 2. The van der Waals surface area contributed by atoms with Gasteiger partial charge in [-0.3, -0.25) is 9.52 Å². The van der Waals surface area contributed by atoms with Crippen molar-refractivity contribution in [2.75, 3.05) is 11.3 Å². The van der Waals surface area contributed by atoms with Gasteiger partial charge in [-0.15, -0.1) is 0 Å². The third-order valence-electron chi connectivity index (χ3n) is 6.65. The van der Waals surface area contributed by atoms with Gasteiger partial charge < -0.3 is 10.5 Å². The lowest BCUT2D eigenvalue weighted by Crippen LogP contribution is -2.39. The molecule has 0 amide bonds. The van der Waals surface area contributed by atoms with Crippen molar-refractivity contribution in [1.82, 2.24) is 0 Å². The fourth-order valence-corrected chi connectivity index (χ4v) is 5.69. The highest BCUT2D eigenvalue weighted by Gasteiger charge is 2.51. The van der Waals surface area contributed by atoms with Crippen LogP contribution in [0.1, 0.15) is 43.2 Å². The molecule has 9 heteroatoms. The van der Waals surface area contributed by atoms with E-state index in [9.17, 15) is 17.6 Å². The topological polar surface area (TPSA) is 98.5 Å². The van der Waals surface area contributed by atoms with Crippen LogP contribution in [0, 0.1) is 5.82 Å². The molecule has 0 unspecified atom stereocenters. The summed E-state index contributed by atoms with van der Waals surface area (Å²) in [7, 11) is -4.21. The van der Waals surface area contributed by atoms with Crippen molar-refractivity contribution in [1.29, 1.82) is 0 Å². The molecule has 164 valence electrons. The van der Waals surface area contributed by atoms with Gasteiger partial charge in [-0.2, -0.15) is 0 Å². The van der Waals surface area contributed by atoms with Gasteiger partial charge in [0.1, 0.15) is 28.9 Å². The molecular weight excluding hydrogens is 443 g/mol. The standard InChI is InChI=1S/C22H22ClFN2O4S/c23-13-2-3-19(17(24)8-13)31(28,29)26-14-9-16-15(11-20(27)22(16)4-1-5-22)18(10-14)30-12-21(25)6-7-21/h2-3,8-10,26H,1,4-7,11-12,25H2. The largest absolute Gasteiger partial charge is 0.491 e. The van der Waals surface area contributed by atoms with Gasteiger partial charge in [0, 0.05) is 23.1 Å². The molecule has 0 aliphatic heterocycles. The van der Waals surface area contributed by atoms with Crippen LogP contribution in [0.15, 0.2) is 35.2 Å². The van der Waals surface area contributed by atoms with E-state index in [1.54, 1.807) is 12.1 Å². The smallest absolute Gasteiger partial charge is 0.264 e. The van der Waals surface area contributed by atoms with Gasteiger partial charge in [-0.05, 0) is 55.5 Å². The van der Waals surface area contributed by atoms with Gasteiger partial charge in [-0.25, -0.2) is 12.8 Å². The fraction of sp³-hybridized carbons (Fsp3) is 0.409. The van der Waals surface area contributed by atoms with Crippen LogP contribution in [0.5, 0.6) is 5.75 Å². The lowest BCUT2D eigenvalue weighted by molar-refractivity contribution is -0.125. The van der Waals surface area contributed by atoms with Crippen LogP contribution in [-0.2, 0) is 26.7 Å². The summed E-state index contributed by atoms with van der Waals surface area (Å²) in [5, 5.41) is 0.103. The first-order chi connectivity index (χ1) is 14.6. The van der Waals surface area contributed by atoms with Crippen LogP contribution in [0.25, 0.3) is 0 Å². The highest BCUT2D eigenvalue weighted by atomic mass is 35.5. The number of nitrogens with one attached hydrogen (secondary N) is 1. The Hall–Kier alpha value is -2.16. The van der Waals surface area contributed by atoms with Gasteiger partial charge in [0.15, 0.2) is 0 Å². The van der Waals surface area contributed by atoms with Gasteiger partial charge in [-0.1, -0.05) is 18.0 Å². The number of rotatable bonds is 6. The molecule has 2 aromatic rings. The van der Waals surface area contributed by atoms with E-state index in [1.807, 2.05) is 0 Å². The van der Waals surface area contributed by atoms with Crippen LogP contribution in [-0.4, -0.2) is 26.3 Å². The second kappa shape index (κ2) is 6.92. The Morgan fingerprint density at radius 2 is 1.90 bits per heavy atom. The van der Waals surface area contributed by atoms with E-state index >= 15 is 0 Å². The summed E-state index contributed by atoms with van der Waals surface area (Å²) in [5.41, 5.74) is 7.04. The maximum absolute atomic E-state index is 14.3. The number of carbonyl (C=O) groups excluding carboxylic acids is 1. The zero-order valence-electron chi connectivity index (χ0n) is 16.7. The number of sulfonamides is 1. The number of benzene rings is 2. The Morgan fingerprint density at radius 1 is 1.16 bits per heavy atom.